The number of carbonyl (C=O) groups is 2. The number of nitrogens with two attached hydrogens (primary N) is 1. The van der Waals surface area contributed by atoms with Gasteiger partial charge in [0.2, 0.25) is 0 Å². The molecule has 2 N–H and O–H groups in total. The van der Waals surface area contributed by atoms with Gasteiger partial charge < -0.3 is 15.6 Å². The maximum atomic E-state index is 11.1. The Balaban J connectivity index is 2.81. The van der Waals surface area contributed by atoms with Gasteiger partial charge in [-0.25, -0.2) is 4.79 Å². The number of carboxylic acids is 1. The van der Waals surface area contributed by atoms with Crippen molar-refractivity contribution in [2.24, 2.45) is 5.73 Å². The normalized spacial score (nSPS) is 9.81. The molecule has 0 radical (unpaired) electrons. The third kappa shape index (κ3) is 3.54. The van der Waals surface area contributed by atoms with Crippen LogP contribution in [0.4, 0.5) is 10.5 Å². The van der Waals surface area contributed by atoms with Gasteiger partial charge >= 0.3 is 6.03 Å². The summed E-state index contributed by atoms with van der Waals surface area (Å²) in [6.07, 6.45) is -0.251. The molecule has 5 nitrogen and oxygen atoms in total. The van der Waals surface area contributed by atoms with Gasteiger partial charge in [0.05, 0.1) is 0 Å². The summed E-state index contributed by atoms with van der Waals surface area (Å²) in [5.41, 5.74) is 5.71. The van der Waals surface area contributed by atoms with E-state index < -0.39 is 12.0 Å². The van der Waals surface area contributed by atoms with Crippen LogP contribution in [0.3, 0.4) is 0 Å². The van der Waals surface area contributed by atoms with Gasteiger partial charge in [0.15, 0.2) is 0 Å². The third-order valence-corrected chi connectivity index (χ3v) is 2.47. The Kier molecular flexibility index (Phi) is 4.30. The Bertz CT molecular complexity index is 392. The molecule has 1 rings (SSSR count). The van der Waals surface area contributed by atoms with Crippen LogP contribution in [0.1, 0.15) is 6.42 Å². The van der Waals surface area contributed by atoms with Crippen LogP contribution in [0.15, 0.2) is 28.7 Å². The fourth-order valence-electron chi connectivity index (χ4n) is 1.19. The molecule has 0 aliphatic carbocycles. The maximum absolute atomic E-state index is 11.1. The minimum atomic E-state index is -1.22. The molecule has 0 saturated heterocycles. The van der Waals surface area contributed by atoms with Crippen molar-refractivity contribution in [2.45, 2.75) is 6.42 Å². The highest BCUT2D eigenvalue weighted by molar-refractivity contribution is 9.10. The van der Waals surface area contributed by atoms with Gasteiger partial charge in [-0.15, -0.1) is 0 Å². The molecule has 0 aromatic heterocycles. The van der Waals surface area contributed by atoms with Gasteiger partial charge in [-0.3, -0.25) is 4.90 Å². The quantitative estimate of drug-likeness (QED) is 0.873. The smallest absolute Gasteiger partial charge is 0.319 e. The number of anilines is 1. The summed E-state index contributed by atoms with van der Waals surface area (Å²) in [6, 6.07) is 6.13. The number of hydrogen-bond donors (Lipinski definition) is 1. The van der Waals surface area contributed by atoms with Crippen molar-refractivity contribution in [2.75, 3.05) is 11.4 Å². The number of rotatable bonds is 4. The number of carboxylic acid groups (broad SMARTS) is 1. The fourth-order valence-corrected chi connectivity index (χ4v) is 1.45. The van der Waals surface area contributed by atoms with E-state index in [1.54, 1.807) is 24.3 Å². The van der Waals surface area contributed by atoms with E-state index in [9.17, 15) is 14.7 Å². The van der Waals surface area contributed by atoms with Gasteiger partial charge in [0, 0.05) is 29.1 Å². The molecule has 1 aromatic rings. The van der Waals surface area contributed by atoms with Crippen molar-refractivity contribution < 1.29 is 14.7 Å². The molecule has 0 saturated carbocycles. The van der Waals surface area contributed by atoms with Crippen molar-refractivity contribution in [1.29, 1.82) is 0 Å². The highest BCUT2D eigenvalue weighted by Crippen LogP contribution is 2.18. The van der Waals surface area contributed by atoms with Gasteiger partial charge in [0.1, 0.15) is 0 Å². The second-order valence-corrected chi connectivity index (χ2v) is 4.00. The Hall–Kier alpha value is -1.56. The predicted molar refractivity (Wildman–Crippen MR) is 60.7 cm³/mol. The Morgan fingerprint density at radius 1 is 1.31 bits per heavy atom. The minimum absolute atomic E-state index is 0.000695. The number of primary amides is 1. The molecular formula is C10H10BrN2O3-. The van der Waals surface area contributed by atoms with E-state index in [0.29, 0.717) is 5.69 Å². The summed E-state index contributed by atoms with van der Waals surface area (Å²) in [4.78, 5) is 22.6. The highest BCUT2D eigenvalue weighted by atomic mass is 79.9. The Morgan fingerprint density at radius 2 is 1.88 bits per heavy atom. The zero-order valence-corrected chi connectivity index (χ0v) is 9.94. The second-order valence-electron chi connectivity index (χ2n) is 3.09. The van der Waals surface area contributed by atoms with Crippen molar-refractivity contribution in [3.63, 3.8) is 0 Å². The number of amides is 2. The summed E-state index contributed by atoms with van der Waals surface area (Å²) in [7, 11) is 0. The number of halogens is 1. The van der Waals surface area contributed by atoms with Gasteiger partial charge in [-0.2, -0.15) is 0 Å². The number of urea groups is 1. The molecular weight excluding hydrogens is 276 g/mol. The van der Waals surface area contributed by atoms with E-state index in [4.69, 9.17) is 5.73 Å². The minimum Gasteiger partial charge on any atom is -0.550 e. The first-order valence-corrected chi connectivity index (χ1v) is 5.32. The number of benzene rings is 1. The van der Waals surface area contributed by atoms with Crippen molar-refractivity contribution in [1.82, 2.24) is 0 Å². The van der Waals surface area contributed by atoms with Crippen LogP contribution in [-0.4, -0.2) is 18.5 Å². The molecule has 0 unspecified atom stereocenters. The Morgan fingerprint density at radius 3 is 2.31 bits per heavy atom. The van der Waals surface area contributed by atoms with Crippen molar-refractivity contribution in [3.05, 3.63) is 28.7 Å². The second kappa shape index (κ2) is 5.50. The zero-order valence-electron chi connectivity index (χ0n) is 8.35. The van der Waals surface area contributed by atoms with E-state index in [2.05, 4.69) is 15.9 Å². The number of carbonyl (C=O) groups excluding carboxylic acids is 2. The lowest BCUT2D eigenvalue weighted by Gasteiger charge is -2.20. The number of hydrogen-bond acceptors (Lipinski definition) is 3. The molecule has 0 fully saturated rings. The molecule has 0 bridgehead atoms. The predicted octanol–water partition coefficient (Wildman–Crippen LogP) is 0.474. The summed E-state index contributed by atoms with van der Waals surface area (Å²) < 4.78 is 0.862. The van der Waals surface area contributed by atoms with Crippen molar-refractivity contribution >= 4 is 33.6 Å². The van der Waals surface area contributed by atoms with Crippen LogP contribution in [0.2, 0.25) is 0 Å². The fraction of sp³-hybridized carbons (Fsp3) is 0.200. The molecule has 1 aromatic carbocycles. The first-order chi connectivity index (χ1) is 7.50. The summed E-state index contributed by atoms with van der Waals surface area (Å²) in [6.45, 7) is -0.000695. The topological polar surface area (TPSA) is 86.5 Å². The van der Waals surface area contributed by atoms with Crippen LogP contribution in [0, 0.1) is 0 Å². The average Bonchev–Trinajstić information content (AvgIpc) is 2.20. The van der Waals surface area contributed by atoms with Crippen LogP contribution in [0.5, 0.6) is 0 Å². The summed E-state index contributed by atoms with van der Waals surface area (Å²) >= 11 is 3.26. The van der Waals surface area contributed by atoms with E-state index in [0.717, 1.165) is 4.47 Å². The van der Waals surface area contributed by atoms with E-state index in [1.165, 1.54) is 4.90 Å². The van der Waals surface area contributed by atoms with E-state index in [-0.39, 0.29) is 13.0 Å². The molecule has 0 heterocycles. The SMILES string of the molecule is NC(=O)N(CCC(=O)[O-])c1ccc(Br)cc1. The van der Waals surface area contributed by atoms with Gasteiger partial charge in [0.25, 0.3) is 0 Å². The molecule has 0 aliphatic heterocycles. The van der Waals surface area contributed by atoms with Gasteiger partial charge in [-0.1, -0.05) is 15.9 Å². The van der Waals surface area contributed by atoms with Gasteiger partial charge in [-0.05, 0) is 24.3 Å². The van der Waals surface area contributed by atoms with Crippen LogP contribution >= 0.6 is 15.9 Å². The molecule has 0 atom stereocenters. The average molecular weight is 286 g/mol. The lowest BCUT2D eigenvalue weighted by molar-refractivity contribution is -0.305. The molecule has 0 spiro atoms. The zero-order chi connectivity index (χ0) is 12.1. The van der Waals surface area contributed by atoms with Crippen LogP contribution < -0.4 is 15.7 Å². The molecule has 86 valence electrons. The lowest BCUT2D eigenvalue weighted by atomic mass is 10.3. The summed E-state index contributed by atoms with van der Waals surface area (Å²) in [5.74, 6) is -1.22. The monoisotopic (exact) mass is 285 g/mol. The van der Waals surface area contributed by atoms with E-state index in [1.807, 2.05) is 0 Å². The lowest BCUT2D eigenvalue weighted by Crippen LogP contribution is -2.39. The highest BCUT2D eigenvalue weighted by Gasteiger charge is 2.11. The standard InChI is InChI=1S/C10H11BrN2O3/c11-7-1-3-8(4-2-7)13(10(12)16)6-5-9(14)15/h1-4H,5-6H2,(H2,12,16)(H,14,15)/p-1. The maximum Gasteiger partial charge on any atom is 0.319 e. The first-order valence-electron chi connectivity index (χ1n) is 4.53. The molecule has 6 heteroatoms. The number of aliphatic carboxylic acids is 1. The number of nitrogens with zero attached hydrogens (tertiary/aromatic N) is 1. The summed E-state index contributed by atoms with van der Waals surface area (Å²) in [5, 5.41) is 10.3. The van der Waals surface area contributed by atoms with Crippen LogP contribution in [0.25, 0.3) is 0 Å². The van der Waals surface area contributed by atoms with Crippen molar-refractivity contribution in [3.8, 4) is 0 Å². The van der Waals surface area contributed by atoms with E-state index >= 15 is 0 Å². The molecule has 16 heavy (non-hydrogen) atoms. The molecule has 2 amide bonds. The molecule has 0 aliphatic rings. The Labute approximate surface area is 101 Å². The van der Waals surface area contributed by atoms with Crippen LogP contribution in [-0.2, 0) is 4.79 Å². The first kappa shape index (κ1) is 12.5. The largest absolute Gasteiger partial charge is 0.550 e. The third-order valence-electron chi connectivity index (χ3n) is 1.94.